The van der Waals surface area contributed by atoms with E-state index in [2.05, 4.69) is 4.98 Å². The van der Waals surface area contributed by atoms with E-state index in [1.54, 1.807) is 7.11 Å². The van der Waals surface area contributed by atoms with Gasteiger partial charge in [-0.1, -0.05) is 12.2 Å². The minimum atomic E-state index is 0.333. The lowest BCUT2D eigenvalue weighted by molar-refractivity contribution is 0.143. The van der Waals surface area contributed by atoms with Gasteiger partial charge in [-0.2, -0.15) is 0 Å². The lowest BCUT2D eigenvalue weighted by atomic mass is 10.1. The van der Waals surface area contributed by atoms with Gasteiger partial charge in [-0.05, 0) is 30.9 Å². The summed E-state index contributed by atoms with van der Waals surface area (Å²) in [6, 6.07) is 2.01. The standard InChI is InChI=1S/C12H16N2O2S/c1-15-5-6-16-12-9(11(13)17)7-8-3-2-4-10(8)14-12/h7H,2-6H2,1H3,(H2,13,17). The van der Waals surface area contributed by atoms with Crippen molar-refractivity contribution in [3.63, 3.8) is 0 Å². The number of rotatable bonds is 5. The van der Waals surface area contributed by atoms with Gasteiger partial charge in [0.2, 0.25) is 5.88 Å². The molecule has 5 heteroatoms. The van der Waals surface area contributed by atoms with Crippen LogP contribution >= 0.6 is 12.2 Å². The highest BCUT2D eigenvalue weighted by molar-refractivity contribution is 7.80. The number of aryl methyl sites for hydroxylation is 2. The van der Waals surface area contributed by atoms with Crippen molar-refractivity contribution in [2.45, 2.75) is 19.3 Å². The lowest BCUT2D eigenvalue weighted by Crippen LogP contribution is -2.15. The average Bonchev–Trinajstić information content (AvgIpc) is 2.75. The minimum Gasteiger partial charge on any atom is -0.475 e. The zero-order chi connectivity index (χ0) is 12.3. The maximum atomic E-state index is 5.69. The summed E-state index contributed by atoms with van der Waals surface area (Å²) in [4.78, 5) is 4.83. The molecule has 0 spiro atoms. The zero-order valence-electron chi connectivity index (χ0n) is 9.86. The first-order chi connectivity index (χ1) is 8.22. The number of fused-ring (bicyclic) bond motifs is 1. The summed E-state index contributed by atoms with van der Waals surface area (Å²) in [7, 11) is 1.63. The van der Waals surface area contributed by atoms with Crippen LogP contribution in [0.4, 0.5) is 0 Å². The van der Waals surface area contributed by atoms with Gasteiger partial charge in [0.25, 0.3) is 0 Å². The van der Waals surface area contributed by atoms with Crippen LogP contribution in [-0.4, -0.2) is 30.3 Å². The second-order valence-corrected chi connectivity index (χ2v) is 4.45. The van der Waals surface area contributed by atoms with Gasteiger partial charge in [0.05, 0.1) is 12.2 Å². The zero-order valence-corrected chi connectivity index (χ0v) is 10.7. The van der Waals surface area contributed by atoms with Crippen molar-refractivity contribution in [1.82, 2.24) is 4.98 Å². The summed E-state index contributed by atoms with van der Waals surface area (Å²) in [5.74, 6) is 0.537. The number of nitrogens with zero attached hydrogens (tertiary/aromatic N) is 1. The highest BCUT2D eigenvalue weighted by atomic mass is 32.1. The third-order valence-corrected chi connectivity index (χ3v) is 3.03. The van der Waals surface area contributed by atoms with E-state index in [1.807, 2.05) is 6.07 Å². The molecule has 0 bridgehead atoms. The van der Waals surface area contributed by atoms with Gasteiger partial charge >= 0.3 is 0 Å². The van der Waals surface area contributed by atoms with Crippen LogP contribution in [0.2, 0.25) is 0 Å². The van der Waals surface area contributed by atoms with Crippen molar-refractivity contribution >= 4 is 17.2 Å². The number of nitrogens with two attached hydrogens (primary N) is 1. The Balaban J connectivity index is 2.25. The average molecular weight is 252 g/mol. The van der Waals surface area contributed by atoms with Gasteiger partial charge < -0.3 is 15.2 Å². The number of pyridine rings is 1. The molecule has 0 saturated heterocycles. The highest BCUT2D eigenvalue weighted by Gasteiger charge is 2.18. The number of methoxy groups -OCH3 is 1. The first-order valence-electron chi connectivity index (χ1n) is 5.66. The van der Waals surface area contributed by atoms with Gasteiger partial charge in [0.1, 0.15) is 11.6 Å². The molecule has 1 aromatic heterocycles. The summed E-state index contributed by atoms with van der Waals surface area (Å²) in [6.45, 7) is 0.980. The Morgan fingerprint density at radius 2 is 2.29 bits per heavy atom. The third kappa shape index (κ3) is 2.73. The normalized spacial score (nSPS) is 13.5. The second kappa shape index (κ2) is 5.42. The van der Waals surface area contributed by atoms with E-state index in [1.165, 1.54) is 5.56 Å². The fourth-order valence-electron chi connectivity index (χ4n) is 1.96. The molecule has 1 aliphatic rings. The first kappa shape index (κ1) is 12.3. The number of hydrogen-bond donors (Lipinski definition) is 1. The van der Waals surface area contributed by atoms with E-state index in [0.717, 1.165) is 30.5 Å². The van der Waals surface area contributed by atoms with Crippen LogP contribution in [0.3, 0.4) is 0 Å². The van der Waals surface area contributed by atoms with Crippen molar-refractivity contribution in [3.8, 4) is 5.88 Å². The van der Waals surface area contributed by atoms with Crippen LogP contribution in [-0.2, 0) is 17.6 Å². The Labute approximate surface area is 106 Å². The van der Waals surface area contributed by atoms with E-state index in [-0.39, 0.29) is 0 Å². The molecule has 2 N–H and O–H groups in total. The number of thiocarbonyl (C=S) groups is 1. The molecule has 0 aromatic carbocycles. The largest absolute Gasteiger partial charge is 0.475 e. The van der Waals surface area contributed by atoms with E-state index in [9.17, 15) is 0 Å². The molecule has 0 radical (unpaired) electrons. The molecule has 0 saturated carbocycles. The van der Waals surface area contributed by atoms with Crippen LogP contribution in [0.1, 0.15) is 23.2 Å². The number of hydrogen-bond acceptors (Lipinski definition) is 4. The molecular formula is C12H16N2O2S. The molecule has 0 unspecified atom stereocenters. The molecule has 0 atom stereocenters. The van der Waals surface area contributed by atoms with E-state index in [4.69, 9.17) is 27.4 Å². The summed E-state index contributed by atoms with van der Waals surface area (Å²) in [5.41, 5.74) is 8.78. The van der Waals surface area contributed by atoms with Gasteiger partial charge in [0, 0.05) is 12.8 Å². The van der Waals surface area contributed by atoms with E-state index >= 15 is 0 Å². The molecule has 1 aliphatic carbocycles. The fourth-order valence-corrected chi connectivity index (χ4v) is 2.11. The monoisotopic (exact) mass is 252 g/mol. The Hall–Kier alpha value is -1.20. The van der Waals surface area contributed by atoms with Crippen molar-refractivity contribution < 1.29 is 9.47 Å². The molecule has 0 aliphatic heterocycles. The molecule has 1 heterocycles. The SMILES string of the molecule is COCCOc1nc2c(cc1C(N)=S)CCC2. The van der Waals surface area contributed by atoms with Gasteiger partial charge in [-0.25, -0.2) is 4.98 Å². The minimum absolute atomic E-state index is 0.333. The maximum absolute atomic E-state index is 5.69. The van der Waals surface area contributed by atoms with Crippen LogP contribution in [0.5, 0.6) is 5.88 Å². The Kier molecular flexibility index (Phi) is 3.91. The predicted molar refractivity (Wildman–Crippen MR) is 69.5 cm³/mol. The van der Waals surface area contributed by atoms with E-state index in [0.29, 0.717) is 24.1 Å². The first-order valence-corrected chi connectivity index (χ1v) is 6.07. The summed E-state index contributed by atoms with van der Waals surface area (Å²) < 4.78 is 10.5. The summed E-state index contributed by atoms with van der Waals surface area (Å²) in [5, 5.41) is 0. The van der Waals surface area contributed by atoms with Gasteiger partial charge in [-0.15, -0.1) is 0 Å². The molecule has 0 amide bonds. The van der Waals surface area contributed by atoms with E-state index < -0.39 is 0 Å². The Morgan fingerprint density at radius 1 is 1.47 bits per heavy atom. The lowest BCUT2D eigenvalue weighted by Gasteiger charge is -2.11. The predicted octanol–water partition coefficient (Wildman–Crippen LogP) is 1.23. The third-order valence-electron chi connectivity index (χ3n) is 2.81. The van der Waals surface area contributed by atoms with Gasteiger partial charge in [0.15, 0.2) is 0 Å². The van der Waals surface area contributed by atoms with Crippen molar-refractivity contribution in [2.24, 2.45) is 5.73 Å². The van der Waals surface area contributed by atoms with Crippen LogP contribution in [0.15, 0.2) is 6.07 Å². The topological polar surface area (TPSA) is 57.4 Å². The summed E-state index contributed by atoms with van der Waals surface area (Å²) in [6.07, 6.45) is 3.20. The molecule has 2 rings (SSSR count). The molecule has 1 aromatic rings. The van der Waals surface area contributed by atoms with Gasteiger partial charge in [-0.3, -0.25) is 0 Å². The Morgan fingerprint density at radius 3 is 3.00 bits per heavy atom. The Bertz CT molecular complexity index is 435. The fraction of sp³-hybridized carbons (Fsp3) is 0.500. The summed E-state index contributed by atoms with van der Waals surface area (Å²) >= 11 is 5.03. The number of aromatic nitrogens is 1. The van der Waals surface area contributed by atoms with Crippen molar-refractivity contribution in [3.05, 3.63) is 22.9 Å². The van der Waals surface area contributed by atoms with Crippen LogP contribution < -0.4 is 10.5 Å². The quantitative estimate of drug-likeness (QED) is 0.631. The van der Waals surface area contributed by atoms with Crippen molar-refractivity contribution in [1.29, 1.82) is 0 Å². The maximum Gasteiger partial charge on any atom is 0.224 e. The molecule has 17 heavy (non-hydrogen) atoms. The smallest absolute Gasteiger partial charge is 0.224 e. The number of ether oxygens (including phenoxy) is 2. The highest BCUT2D eigenvalue weighted by Crippen LogP contribution is 2.26. The van der Waals surface area contributed by atoms with Crippen molar-refractivity contribution in [2.75, 3.05) is 20.3 Å². The molecule has 4 nitrogen and oxygen atoms in total. The molecule has 92 valence electrons. The van der Waals surface area contributed by atoms with Crippen LogP contribution in [0.25, 0.3) is 0 Å². The molecule has 0 fully saturated rings. The molecular weight excluding hydrogens is 236 g/mol. The van der Waals surface area contributed by atoms with Crippen LogP contribution in [0, 0.1) is 0 Å². The second-order valence-electron chi connectivity index (χ2n) is 4.01.